The molecule has 122 valence electrons. The molecule has 24 heavy (non-hydrogen) atoms. The molecule has 0 saturated heterocycles. The summed E-state index contributed by atoms with van der Waals surface area (Å²) in [4.78, 5) is 28.3. The second-order valence-electron chi connectivity index (χ2n) is 5.51. The lowest BCUT2D eigenvalue weighted by Gasteiger charge is -2.17. The van der Waals surface area contributed by atoms with Crippen molar-refractivity contribution in [1.82, 2.24) is 4.98 Å². The van der Waals surface area contributed by atoms with E-state index in [1.54, 1.807) is 18.2 Å². The molecule has 0 radical (unpaired) electrons. The Kier molecular flexibility index (Phi) is 5.01. The molecule has 1 aliphatic heterocycles. The zero-order valence-electron chi connectivity index (χ0n) is 13.1. The molecule has 0 saturated carbocycles. The summed E-state index contributed by atoms with van der Waals surface area (Å²) in [6.45, 7) is 0. The topological polar surface area (TPSA) is 65.5 Å². The molecule has 3 rings (SSSR count). The van der Waals surface area contributed by atoms with Crippen molar-refractivity contribution >= 4 is 11.6 Å². The fourth-order valence-electron chi connectivity index (χ4n) is 2.44. The number of carbonyl (C=O) groups is 2. The molecule has 2 aliphatic rings. The Bertz CT molecular complexity index is 757. The quantitative estimate of drug-likeness (QED) is 0.591. The number of hydrogen-bond acceptors (Lipinski definition) is 5. The van der Waals surface area contributed by atoms with Gasteiger partial charge in [0.1, 0.15) is 24.0 Å². The van der Waals surface area contributed by atoms with Gasteiger partial charge in [0, 0.05) is 12.6 Å². The first-order valence-electron chi connectivity index (χ1n) is 7.77. The summed E-state index contributed by atoms with van der Waals surface area (Å²) < 4.78 is 10.8. The van der Waals surface area contributed by atoms with E-state index < -0.39 is 5.78 Å². The maximum atomic E-state index is 12.2. The molecule has 0 bridgehead atoms. The molecule has 1 aromatic rings. The van der Waals surface area contributed by atoms with E-state index >= 15 is 0 Å². The predicted molar refractivity (Wildman–Crippen MR) is 87.6 cm³/mol. The zero-order valence-corrected chi connectivity index (χ0v) is 13.1. The molecule has 0 unspecified atom stereocenters. The summed E-state index contributed by atoms with van der Waals surface area (Å²) in [5.41, 5.74) is 1.48. The highest BCUT2D eigenvalue weighted by molar-refractivity contribution is 6.11. The molecule has 1 aliphatic carbocycles. The van der Waals surface area contributed by atoms with Crippen LogP contribution in [0.25, 0.3) is 0 Å². The molecule has 5 nitrogen and oxygen atoms in total. The molecule has 0 amide bonds. The van der Waals surface area contributed by atoms with Crippen molar-refractivity contribution in [3.8, 4) is 0 Å². The van der Waals surface area contributed by atoms with Crippen LogP contribution in [-0.2, 0) is 14.3 Å². The summed E-state index contributed by atoms with van der Waals surface area (Å²) in [6.07, 6.45) is 12.6. The van der Waals surface area contributed by atoms with E-state index in [-0.39, 0.29) is 23.7 Å². The van der Waals surface area contributed by atoms with Gasteiger partial charge in [0.25, 0.3) is 0 Å². The molecule has 5 heteroatoms. The maximum absolute atomic E-state index is 12.2. The summed E-state index contributed by atoms with van der Waals surface area (Å²) in [5, 5.41) is 0. The Morgan fingerprint density at radius 3 is 2.83 bits per heavy atom. The van der Waals surface area contributed by atoms with Crippen LogP contribution in [0.3, 0.4) is 0 Å². The van der Waals surface area contributed by atoms with E-state index in [0.29, 0.717) is 12.2 Å². The Hall–Kier alpha value is -2.95. The van der Waals surface area contributed by atoms with Crippen molar-refractivity contribution in [2.45, 2.75) is 25.7 Å². The Morgan fingerprint density at radius 2 is 2.08 bits per heavy atom. The number of Topliss-reactive ketones (excluding diaryl/α,β-unsaturated/α-hetero) is 2. The third kappa shape index (κ3) is 4.07. The molecule has 2 heterocycles. The smallest absolute Gasteiger partial charge is 0.209 e. The molecule has 0 fully saturated rings. The monoisotopic (exact) mass is 323 g/mol. The minimum absolute atomic E-state index is 0.0451. The van der Waals surface area contributed by atoms with Gasteiger partial charge in [0.2, 0.25) is 11.5 Å². The number of nitrogens with zero attached hydrogens (tertiary/aromatic N) is 1. The number of pyridine rings is 1. The number of ether oxygens (including phenoxy) is 2. The van der Waals surface area contributed by atoms with E-state index in [0.717, 1.165) is 12.8 Å². The van der Waals surface area contributed by atoms with Crippen molar-refractivity contribution in [3.63, 3.8) is 0 Å². The molecule has 1 aromatic heterocycles. The fourth-order valence-corrected chi connectivity index (χ4v) is 2.44. The van der Waals surface area contributed by atoms with Gasteiger partial charge < -0.3 is 9.47 Å². The zero-order chi connectivity index (χ0) is 16.8. The highest BCUT2D eigenvalue weighted by Crippen LogP contribution is 2.25. The lowest BCUT2D eigenvalue weighted by molar-refractivity contribution is -0.118. The summed E-state index contributed by atoms with van der Waals surface area (Å²) >= 11 is 0. The second kappa shape index (κ2) is 7.55. The van der Waals surface area contributed by atoms with Gasteiger partial charge in [0.05, 0.1) is 6.42 Å². The molecular formula is C19H17NO4. The molecule has 0 aromatic carbocycles. The van der Waals surface area contributed by atoms with Gasteiger partial charge >= 0.3 is 0 Å². The van der Waals surface area contributed by atoms with Crippen LogP contribution in [0.5, 0.6) is 0 Å². The highest BCUT2D eigenvalue weighted by atomic mass is 16.5. The van der Waals surface area contributed by atoms with Crippen LogP contribution in [0.4, 0.5) is 0 Å². The van der Waals surface area contributed by atoms with Gasteiger partial charge in [-0.1, -0.05) is 29.9 Å². The first-order chi connectivity index (χ1) is 11.7. The van der Waals surface area contributed by atoms with Gasteiger partial charge in [-0.25, -0.2) is 0 Å². The molecule has 0 N–H and O–H groups in total. The third-order valence-electron chi connectivity index (χ3n) is 3.66. The number of allylic oxidation sites excluding steroid dienone is 5. The number of aromatic nitrogens is 1. The average molecular weight is 323 g/mol. The van der Waals surface area contributed by atoms with E-state index in [1.807, 2.05) is 12.2 Å². The van der Waals surface area contributed by atoms with E-state index in [9.17, 15) is 9.59 Å². The highest BCUT2D eigenvalue weighted by Gasteiger charge is 2.22. The number of carbonyl (C=O) groups excluding carboxylic acids is 2. The SMILES string of the molecule is O=C(CC(=O)c1ccccn1)C1=COC=C(CC2=CC=CCC2)O1. The standard InChI is InChI=1S/C19H17NO4/c21-17(16-8-4-5-9-20-16)11-18(22)19-13-23-12-15(24-19)10-14-6-2-1-3-7-14/h1-2,4-6,8-9,12-13H,3,7,10-11H2. The number of hydrogen-bond donors (Lipinski definition) is 0. The lowest BCUT2D eigenvalue weighted by atomic mass is 10.0. The van der Waals surface area contributed by atoms with Crippen LogP contribution in [0.1, 0.15) is 36.2 Å². The van der Waals surface area contributed by atoms with Crippen LogP contribution in [0, 0.1) is 0 Å². The van der Waals surface area contributed by atoms with Crippen LogP contribution >= 0.6 is 0 Å². The van der Waals surface area contributed by atoms with Gasteiger partial charge in [-0.2, -0.15) is 0 Å². The minimum atomic E-state index is -0.422. The number of ketones is 2. The van der Waals surface area contributed by atoms with E-state index in [4.69, 9.17) is 9.47 Å². The van der Waals surface area contributed by atoms with Crippen LogP contribution in [0.15, 0.2) is 72.2 Å². The Labute approximate surface area is 140 Å². The van der Waals surface area contributed by atoms with Gasteiger partial charge in [-0.05, 0) is 25.0 Å². The number of rotatable bonds is 6. The van der Waals surface area contributed by atoms with Gasteiger partial charge in [0.15, 0.2) is 5.78 Å². The van der Waals surface area contributed by atoms with E-state index in [2.05, 4.69) is 11.1 Å². The Balaban J connectivity index is 1.58. The van der Waals surface area contributed by atoms with Crippen LogP contribution in [0.2, 0.25) is 0 Å². The Morgan fingerprint density at radius 1 is 1.17 bits per heavy atom. The van der Waals surface area contributed by atoms with Crippen molar-refractivity contribution in [2.75, 3.05) is 0 Å². The van der Waals surface area contributed by atoms with Crippen molar-refractivity contribution < 1.29 is 19.1 Å². The van der Waals surface area contributed by atoms with Crippen molar-refractivity contribution in [3.05, 3.63) is 77.9 Å². The first kappa shape index (κ1) is 15.9. The predicted octanol–water partition coefficient (Wildman–Crippen LogP) is 3.62. The fraction of sp³-hybridized carbons (Fsp3) is 0.211. The minimum Gasteiger partial charge on any atom is -0.465 e. The van der Waals surface area contributed by atoms with Gasteiger partial charge in [-0.3, -0.25) is 14.6 Å². The third-order valence-corrected chi connectivity index (χ3v) is 3.66. The average Bonchev–Trinajstić information content (AvgIpc) is 2.63. The normalized spacial score (nSPS) is 16.2. The van der Waals surface area contributed by atoms with Crippen LogP contribution < -0.4 is 0 Å². The molecule has 0 atom stereocenters. The van der Waals surface area contributed by atoms with Gasteiger partial charge in [-0.15, -0.1) is 0 Å². The second-order valence-corrected chi connectivity index (χ2v) is 5.51. The van der Waals surface area contributed by atoms with Crippen molar-refractivity contribution in [1.29, 1.82) is 0 Å². The first-order valence-corrected chi connectivity index (χ1v) is 7.77. The molecular weight excluding hydrogens is 306 g/mol. The molecule has 0 spiro atoms. The lowest BCUT2D eigenvalue weighted by Crippen LogP contribution is -2.15. The van der Waals surface area contributed by atoms with Crippen molar-refractivity contribution in [2.24, 2.45) is 0 Å². The summed E-state index contributed by atoms with van der Waals surface area (Å²) in [6, 6.07) is 5.00. The summed E-state index contributed by atoms with van der Waals surface area (Å²) in [7, 11) is 0. The van der Waals surface area contributed by atoms with Crippen LogP contribution in [-0.4, -0.2) is 16.6 Å². The maximum Gasteiger partial charge on any atom is 0.209 e. The summed E-state index contributed by atoms with van der Waals surface area (Å²) in [5.74, 6) is -0.161. The van der Waals surface area contributed by atoms with E-state index in [1.165, 1.54) is 24.3 Å². The largest absolute Gasteiger partial charge is 0.465 e.